The van der Waals surface area contributed by atoms with E-state index in [1.54, 1.807) is 0 Å². The standard InChI is InChI=1S/C20H30O4/c1-2-14-23-18-12-10-16(11-13-18)15-24-20(22)9-5-7-17-6-3-4-8-19(17)21/h10-13,17,19,21H,2-9,14-15H2,1H3. The first-order valence-electron chi connectivity index (χ1n) is 9.24. The molecule has 0 aromatic heterocycles. The monoisotopic (exact) mass is 334 g/mol. The highest BCUT2D eigenvalue weighted by atomic mass is 16.5. The predicted octanol–water partition coefficient (Wildman–Crippen LogP) is 4.24. The van der Waals surface area contributed by atoms with Gasteiger partial charge in [-0.25, -0.2) is 0 Å². The summed E-state index contributed by atoms with van der Waals surface area (Å²) in [6, 6.07) is 7.67. The van der Waals surface area contributed by atoms with Crippen molar-refractivity contribution in [1.82, 2.24) is 0 Å². The zero-order valence-electron chi connectivity index (χ0n) is 14.7. The largest absolute Gasteiger partial charge is 0.494 e. The van der Waals surface area contributed by atoms with E-state index in [9.17, 15) is 9.90 Å². The molecule has 2 atom stereocenters. The summed E-state index contributed by atoms with van der Waals surface area (Å²) in [6.45, 7) is 3.09. The lowest BCUT2D eigenvalue weighted by Gasteiger charge is -2.27. The van der Waals surface area contributed by atoms with Gasteiger partial charge in [0, 0.05) is 6.42 Å². The van der Waals surface area contributed by atoms with Crippen LogP contribution in [0.4, 0.5) is 0 Å². The van der Waals surface area contributed by atoms with Crippen molar-refractivity contribution in [2.45, 2.75) is 71.0 Å². The maximum absolute atomic E-state index is 11.8. The van der Waals surface area contributed by atoms with Gasteiger partial charge in [-0.1, -0.05) is 31.9 Å². The Balaban J connectivity index is 1.62. The van der Waals surface area contributed by atoms with E-state index in [1.165, 1.54) is 6.42 Å². The van der Waals surface area contributed by atoms with Gasteiger partial charge in [-0.05, 0) is 55.7 Å². The highest BCUT2D eigenvalue weighted by molar-refractivity contribution is 5.69. The van der Waals surface area contributed by atoms with Crippen molar-refractivity contribution in [2.75, 3.05) is 6.61 Å². The third-order valence-corrected chi connectivity index (χ3v) is 4.62. The molecule has 1 aliphatic rings. The minimum atomic E-state index is -0.178. The number of aliphatic hydroxyl groups excluding tert-OH is 1. The van der Waals surface area contributed by atoms with E-state index >= 15 is 0 Å². The zero-order chi connectivity index (χ0) is 17.2. The first-order chi connectivity index (χ1) is 11.7. The Morgan fingerprint density at radius 3 is 2.67 bits per heavy atom. The molecule has 0 amide bonds. The fraction of sp³-hybridized carbons (Fsp3) is 0.650. The summed E-state index contributed by atoms with van der Waals surface area (Å²) < 4.78 is 10.9. The van der Waals surface area contributed by atoms with E-state index < -0.39 is 0 Å². The molecule has 1 aliphatic carbocycles. The first kappa shape index (κ1) is 18.8. The van der Waals surface area contributed by atoms with Crippen molar-refractivity contribution in [3.63, 3.8) is 0 Å². The number of benzene rings is 1. The number of carbonyl (C=O) groups excluding carboxylic acids is 1. The van der Waals surface area contributed by atoms with Crippen LogP contribution < -0.4 is 4.74 Å². The van der Waals surface area contributed by atoms with Crippen molar-refractivity contribution in [3.05, 3.63) is 29.8 Å². The zero-order valence-corrected chi connectivity index (χ0v) is 14.7. The Morgan fingerprint density at radius 1 is 1.21 bits per heavy atom. The lowest BCUT2D eigenvalue weighted by molar-refractivity contribution is -0.145. The minimum absolute atomic E-state index is 0.161. The Bertz CT molecular complexity index is 483. The molecule has 2 rings (SSSR count). The summed E-state index contributed by atoms with van der Waals surface area (Å²) in [7, 11) is 0. The fourth-order valence-corrected chi connectivity index (χ4v) is 3.17. The van der Waals surface area contributed by atoms with Gasteiger partial charge in [0.15, 0.2) is 0 Å². The quantitative estimate of drug-likeness (QED) is 0.686. The number of aliphatic hydroxyl groups is 1. The molecular weight excluding hydrogens is 304 g/mol. The third kappa shape index (κ3) is 6.52. The minimum Gasteiger partial charge on any atom is -0.494 e. The highest BCUT2D eigenvalue weighted by Crippen LogP contribution is 2.28. The van der Waals surface area contributed by atoms with E-state index in [-0.39, 0.29) is 12.1 Å². The fourth-order valence-electron chi connectivity index (χ4n) is 3.17. The molecule has 0 spiro atoms. The normalized spacial score (nSPS) is 20.6. The van der Waals surface area contributed by atoms with Crippen molar-refractivity contribution in [1.29, 1.82) is 0 Å². The Morgan fingerprint density at radius 2 is 1.96 bits per heavy atom. The Labute approximate surface area is 145 Å². The average molecular weight is 334 g/mol. The topological polar surface area (TPSA) is 55.8 Å². The first-order valence-corrected chi connectivity index (χ1v) is 9.24. The number of hydrogen-bond acceptors (Lipinski definition) is 4. The maximum Gasteiger partial charge on any atom is 0.306 e. The van der Waals surface area contributed by atoms with Crippen molar-refractivity contribution in [3.8, 4) is 5.75 Å². The summed E-state index contributed by atoms with van der Waals surface area (Å²) in [5.41, 5.74) is 0.968. The molecule has 134 valence electrons. The van der Waals surface area contributed by atoms with Crippen LogP contribution in [0.3, 0.4) is 0 Å². The van der Waals surface area contributed by atoms with Crippen molar-refractivity contribution < 1.29 is 19.4 Å². The summed E-state index contributed by atoms with van der Waals surface area (Å²) >= 11 is 0. The molecule has 1 N–H and O–H groups in total. The van der Waals surface area contributed by atoms with Gasteiger partial charge < -0.3 is 14.6 Å². The SMILES string of the molecule is CCCOc1ccc(COC(=O)CCCC2CCCCC2O)cc1. The molecule has 0 radical (unpaired) electrons. The number of hydrogen-bond donors (Lipinski definition) is 1. The van der Waals surface area contributed by atoms with E-state index in [0.29, 0.717) is 25.6 Å². The summed E-state index contributed by atoms with van der Waals surface area (Å²) in [4.78, 5) is 11.8. The lowest BCUT2D eigenvalue weighted by Crippen LogP contribution is -2.24. The van der Waals surface area contributed by atoms with Crippen LogP contribution in [0.25, 0.3) is 0 Å². The predicted molar refractivity (Wildman–Crippen MR) is 93.8 cm³/mol. The maximum atomic E-state index is 11.8. The number of carbonyl (C=O) groups is 1. The van der Waals surface area contributed by atoms with Crippen LogP contribution in [0, 0.1) is 5.92 Å². The average Bonchev–Trinajstić information content (AvgIpc) is 2.61. The van der Waals surface area contributed by atoms with Crippen LogP contribution in [-0.2, 0) is 16.1 Å². The molecule has 4 heteroatoms. The van der Waals surface area contributed by atoms with Gasteiger partial charge in [-0.2, -0.15) is 0 Å². The second kappa shape index (κ2) is 10.3. The van der Waals surface area contributed by atoms with Gasteiger partial charge in [0.25, 0.3) is 0 Å². The molecule has 0 heterocycles. The molecule has 1 aromatic carbocycles. The third-order valence-electron chi connectivity index (χ3n) is 4.62. The molecular formula is C20H30O4. The van der Waals surface area contributed by atoms with Crippen LogP contribution in [0.1, 0.15) is 63.9 Å². The summed E-state index contributed by atoms with van der Waals surface area (Å²) in [5, 5.41) is 9.94. The molecule has 2 unspecified atom stereocenters. The van der Waals surface area contributed by atoms with Crippen LogP contribution in [0.5, 0.6) is 5.75 Å². The molecule has 1 saturated carbocycles. The molecule has 24 heavy (non-hydrogen) atoms. The van der Waals surface area contributed by atoms with Crippen molar-refractivity contribution in [2.24, 2.45) is 5.92 Å². The van der Waals surface area contributed by atoms with E-state index in [4.69, 9.17) is 9.47 Å². The second-order valence-electron chi connectivity index (χ2n) is 6.66. The van der Waals surface area contributed by atoms with Crippen LogP contribution in [0.2, 0.25) is 0 Å². The lowest BCUT2D eigenvalue weighted by atomic mass is 9.83. The van der Waals surface area contributed by atoms with Gasteiger partial charge in [0.05, 0.1) is 12.7 Å². The Kier molecular flexibility index (Phi) is 8.10. The second-order valence-corrected chi connectivity index (χ2v) is 6.66. The van der Waals surface area contributed by atoms with Crippen LogP contribution in [-0.4, -0.2) is 23.8 Å². The number of ether oxygens (including phenoxy) is 2. The summed E-state index contributed by atoms with van der Waals surface area (Å²) in [5.74, 6) is 1.05. The smallest absolute Gasteiger partial charge is 0.306 e. The van der Waals surface area contributed by atoms with E-state index in [1.807, 2.05) is 24.3 Å². The summed E-state index contributed by atoms with van der Waals surface area (Å²) in [6.07, 6.45) is 7.27. The van der Waals surface area contributed by atoms with Crippen LogP contribution in [0.15, 0.2) is 24.3 Å². The number of esters is 1. The van der Waals surface area contributed by atoms with Crippen molar-refractivity contribution >= 4 is 5.97 Å². The van der Waals surface area contributed by atoms with Gasteiger partial charge in [0.1, 0.15) is 12.4 Å². The van der Waals surface area contributed by atoms with Gasteiger partial charge in [-0.15, -0.1) is 0 Å². The van der Waals surface area contributed by atoms with E-state index in [0.717, 1.165) is 49.8 Å². The van der Waals surface area contributed by atoms with Crippen LogP contribution >= 0.6 is 0 Å². The molecule has 0 saturated heterocycles. The molecule has 1 fully saturated rings. The molecule has 0 aliphatic heterocycles. The van der Waals surface area contributed by atoms with Gasteiger partial charge >= 0.3 is 5.97 Å². The number of rotatable bonds is 9. The molecule has 1 aromatic rings. The molecule has 4 nitrogen and oxygen atoms in total. The van der Waals surface area contributed by atoms with E-state index in [2.05, 4.69) is 6.92 Å². The highest BCUT2D eigenvalue weighted by Gasteiger charge is 2.22. The molecule has 0 bridgehead atoms. The Hall–Kier alpha value is -1.55. The van der Waals surface area contributed by atoms with Gasteiger partial charge in [0.2, 0.25) is 0 Å². The van der Waals surface area contributed by atoms with Gasteiger partial charge in [-0.3, -0.25) is 4.79 Å².